The summed E-state index contributed by atoms with van der Waals surface area (Å²) in [6.45, 7) is 1.30. The molecule has 1 rings (SSSR count). The normalized spacial score (nSPS) is 22.0. The van der Waals surface area contributed by atoms with Crippen molar-refractivity contribution in [1.29, 1.82) is 0 Å². The maximum absolute atomic E-state index is 11.4. The third-order valence-corrected chi connectivity index (χ3v) is 4.66. The molecule has 0 aromatic heterocycles. The Morgan fingerprint density at radius 2 is 1.22 bits per heavy atom. The van der Waals surface area contributed by atoms with E-state index in [9.17, 15) is 9.59 Å². The Morgan fingerprint density at radius 1 is 0.722 bits per heavy atom. The van der Waals surface area contributed by atoms with Crippen LogP contribution in [0.5, 0.6) is 0 Å². The highest BCUT2D eigenvalue weighted by molar-refractivity contribution is 8.00. The summed E-state index contributed by atoms with van der Waals surface area (Å²) < 4.78 is 0. The number of rotatable bonds is 0. The molecule has 0 atom stereocenters. The third-order valence-electron chi connectivity index (χ3n) is 2.52. The maximum atomic E-state index is 11.4. The van der Waals surface area contributed by atoms with Gasteiger partial charge in [0.25, 0.3) is 0 Å². The molecule has 1 aliphatic heterocycles. The predicted octanol–water partition coefficient (Wildman–Crippen LogP) is 1.26. The lowest BCUT2D eigenvalue weighted by Gasteiger charge is -2.08. The molecular weight excluding hydrogens is 268 g/mol. The van der Waals surface area contributed by atoms with Gasteiger partial charge in [-0.25, -0.2) is 0 Å². The monoisotopic (exact) mass is 290 g/mol. The van der Waals surface area contributed by atoms with Gasteiger partial charge in [-0.15, -0.1) is 0 Å². The number of carbonyl (C=O) groups excluding carboxylic acids is 2. The SMILES string of the molecule is O=C1CCSCCCSCCC(=O)NCCCN1. The smallest absolute Gasteiger partial charge is 0.220 e. The van der Waals surface area contributed by atoms with Crippen LogP contribution in [0.4, 0.5) is 0 Å². The molecule has 0 aromatic rings. The first-order valence-corrected chi connectivity index (χ1v) is 8.79. The average Bonchev–Trinajstić information content (AvgIpc) is 2.35. The van der Waals surface area contributed by atoms with Crippen molar-refractivity contribution in [3.8, 4) is 0 Å². The second-order valence-corrected chi connectivity index (χ2v) is 6.58. The molecule has 1 fully saturated rings. The van der Waals surface area contributed by atoms with Crippen LogP contribution < -0.4 is 10.6 Å². The van der Waals surface area contributed by atoms with Gasteiger partial charge in [-0.05, 0) is 24.3 Å². The highest BCUT2D eigenvalue weighted by Crippen LogP contribution is 2.10. The summed E-state index contributed by atoms with van der Waals surface area (Å²) >= 11 is 3.68. The molecule has 6 heteroatoms. The van der Waals surface area contributed by atoms with Gasteiger partial charge >= 0.3 is 0 Å². The molecule has 2 N–H and O–H groups in total. The molecule has 0 radical (unpaired) electrons. The lowest BCUT2D eigenvalue weighted by Crippen LogP contribution is -2.30. The van der Waals surface area contributed by atoms with Gasteiger partial charge in [0.05, 0.1) is 0 Å². The summed E-state index contributed by atoms with van der Waals surface area (Å²) in [4.78, 5) is 22.8. The Morgan fingerprint density at radius 3 is 1.72 bits per heavy atom. The zero-order valence-corrected chi connectivity index (χ0v) is 12.3. The molecule has 0 saturated carbocycles. The summed E-state index contributed by atoms with van der Waals surface area (Å²) in [5.41, 5.74) is 0. The fourth-order valence-corrected chi connectivity index (χ4v) is 3.47. The van der Waals surface area contributed by atoms with Gasteiger partial charge in [0.1, 0.15) is 0 Å². The Bertz CT molecular complexity index is 238. The molecular formula is C12H22N2O2S2. The molecule has 2 amide bonds. The van der Waals surface area contributed by atoms with Crippen molar-refractivity contribution >= 4 is 35.3 Å². The van der Waals surface area contributed by atoms with Crippen molar-refractivity contribution in [2.45, 2.75) is 25.7 Å². The summed E-state index contributed by atoms with van der Waals surface area (Å²) in [5, 5.41) is 5.74. The quantitative estimate of drug-likeness (QED) is 0.705. The highest BCUT2D eigenvalue weighted by Gasteiger charge is 2.03. The van der Waals surface area contributed by atoms with Gasteiger partial charge in [0, 0.05) is 37.4 Å². The van der Waals surface area contributed by atoms with Crippen LogP contribution in [0.2, 0.25) is 0 Å². The molecule has 1 heterocycles. The van der Waals surface area contributed by atoms with Crippen molar-refractivity contribution in [2.75, 3.05) is 36.1 Å². The van der Waals surface area contributed by atoms with Crippen LogP contribution in [0.25, 0.3) is 0 Å². The molecule has 0 spiro atoms. The fraction of sp³-hybridized carbons (Fsp3) is 0.833. The van der Waals surface area contributed by atoms with Crippen LogP contribution in [-0.4, -0.2) is 47.9 Å². The topological polar surface area (TPSA) is 58.2 Å². The van der Waals surface area contributed by atoms with E-state index in [1.54, 1.807) is 0 Å². The number of carbonyl (C=O) groups is 2. The van der Waals surface area contributed by atoms with E-state index in [1.165, 1.54) is 0 Å². The number of thioether (sulfide) groups is 2. The molecule has 0 unspecified atom stereocenters. The van der Waals surface area contributed by atoms with E-state index in [1.807, 2.05) is 23.5 Å². The van der Waals surface area contributed by atoms with E-state index in [0.717, 1.165) is 35.9 Å². The molecule has 1 aliphatic rings. The van der Waals surface area contributed by atoms with Gasteiger partial charge in [-0.3, -0.25) is 9.59 Å². The maximum Gasteiger partial charge on any atom is 0.220 e. The Kier molecular flexibility index (Phi) is 9.20. The first kappa shape index (κ1) is 15.7. The van der Waals surface area contributed by atoms with Gasteiger partial charge in [0.15, 0.2) is 0 Å². The molecule has 0 bridgehead atoms. The van der Waals surface area contributed by atoms with Crippen molar-refractivity contribution in [2.24, 2.45) is 0 Å². The van der Waals surface area contributed by atoms with Crippen molar-refractivity contribution in [3.63, 3.8) is 0 Å². The molecule has 4 nitrogen and oxygen atoms in total. The van der Waals surface area contributed by atoms with Gasteiger partial charge < -0.3 is 10.6 Å². The first-order chi connectivity index (χ1) is 8.79. The lowest BCUT2D eigenvalue weighted by molar-refractivity contribution is -0.121. The summed E-state index contributed by atoms with van der Waals surface area (Å²) in [6.07, 6.45) is 3.16. The fourth-order valence-electron chi connectivity index (χ4n) is 1.52. The standard InChI is InChI=1S/C12H22N2O2S2/c15-11-3-9-17-7-2-8-18-10-4-12(16)14-6-1-5-13-11/h1-10H2,(H,13,15)(H,14,16). The van der Waals surface area contributed by atoms with Crippen LogP contribution in [-0.2, 0) is 9.59 Å². The lowest BCUT2D eigenvalue weighted by atomic mass is 10.3. The van der Waals surface area contributed by atoms with Crippen LogP contribution in [0.15, 0.2) is 0 Å². The molecule has 104 valence electrons. The third kappa shape index (κ3) is 8.69. The zero-order chi connectivity index (χ0) is 13.1. The van der Waals surface area contributed by atoms with E-state index in [0.29, 0.717) is 25.9 Å². The minimum atomic E-state index is 0.121. The molecule has 0 aromatic carbocycles. The van der Waals surface area contributed by atoms with Gasteiger partial charge in [-0.2, -0.15) is 23.5 Å². The summed E-state index contributed by atoms with van der Waals surface area (Å²) in [7, 11) is 0. The number of amides is 2. The van der Waals surface area contributed by atoms with E-state index in [-0.39, 0.29) is 11.8 Å². The van der Waals surface area contributed by atoms with Crippen LogP contribution in [0.1, 0.15) is 25.7 Å². The minimum absolute atomic E-state index is 0.121. The van der Waals surface area contributed by atoms with Gasteiger partial charge in [0.2, 0.25) is 11.8 Å². The molecule has 0 aliphatic carbocycles. The Balaban J connectivity index is 2.21. The average molecular weight is 290 g/mol. The number of hydrogen-bond acceptors (Lipinski definition) is 4. The second-order valence-electron chi connectivity index (χ2n) is 4.13. The largest absolute Gasteiger partial charge is 0.356 e. The highest BCUT2D eigenvalue weighted by atomic mass is 32.2. The predicted molar refractivity (Wildman–Crippen MR) is 79.1 cm³/mol. The van der Waals surface area contributed by atoms with E-state index in [4.69, 9.17) is 0 Å². The number of nitrogens with one attached hydrogen (secondary N) is 2. The van der Waals surface area contributed by atoms with Gasteiger partial charge in [-0.1, -0.05) is 0 Å². The zero-order valence-electron chi connectivity index (χ0n) is 10.7. The van der Waals surface area contributed by atoms with E-state index < -0.39 is 0 Å². The van der Waals surface area contributed by atoms with Crippen molar-refractivity contribution in [1.82, 2.24) is 10.6 Å². The second kappa shape index (κ2) is 10.6. The summed E-state index contributed by atoms with van der Waals surface area (Å²) in [6, 6.07) is 0. The Labute approximate surface area is 117 Å². The van der Waals surface area contributed by atoms with E-state index in [2.05, 4.69) is 10.6 Å². The van der Waals surface area contributed by atoms with Crippen LogP contribution in [0, 0.1) is 0 Å². The van der Waals surface area contributed by atoms with Crippen molar-refractivity contribution < 1.29 is 9.59 Å². The molecule has 1 saturated heterocycles. The van der Waals surface area contributed by atoms with E-state index >= 15 is 0 Å². The van der Waals surface area contributed by atoms with Crippen molar-refractivity contribution in [3.05, 3.63) is 0 Å². The first-order valence-electron chi connectivity index (χ1n) is 6.48. The van der Waals surface area contributed by atoms with Crippen LogP contribution in [0.3, 0.4) is 0 Å². The summed E-state index contributed by atoms with van der Waals surface area (Å²) in [5.74, 6) is 4.27. The number of hydrogen-bond donors (Lipinski definition) is 2. The van der Waals surface area contributed by atoms with Crippen LogP contribution >= 0.6 is 23.5 Å². The minimum Gasteiger partial charge on any atom is -0.356 e. The molecule has 18 heavy (non-hydrogen) atoms. The Hall–Kier alpha value is -0.360.